The number of hydrogen-bond donors (Lipinski definition) is 0. The Hall–Kier alpha value is -2.61. The quantitative estimate of drug-likeness (QED) is 0.585. The molecule has 0 aliphatic carbocycles. The minimum atomic E-state index is -0.843. The van der Waals surface area contributed by atoms with E-state index >= 15 is 0 Å². The van der Waals surface area contributed by atoms with Crippen molar-refractivity contribution >= 4 is 21.9 Å². The van der Waals surface area contributed by atoms with Crippen LogP contribution in [0.2, 0.25) is 0 Å². The van der Waals surface area contributed by atoms with Crippen LogP contribution in [0.3, 0.4) is 0 Å². The molecule has 0 saturated carbocycles. The zero-order valence-corrected chi connectivity index (χ0v) is 14.5. The minimum absolute atomic E-state index is 0.0464. The molecule has 0 spiro atoms. The molecular weight excluding hydrogens is 398 g/mol. The van der Waals surface area contributed by atoms with Gasteiger partial charge in [-0.15, -0.1) is 10.2 Å². The van der Waals surface area contributed by atoms with Crippen molar-refractivity contribution in [3.05, 3.63) is 70.0 Å². The van der Waals surface area contributed by atoms with Crippen molar-refractivity contribution in [2.24, 2.45) is 0 Å². The van der Waals surface area contributed by atoms with Crippen LogP contribution >= 0.6 is 15.9 Å². The van der Waals surface area contributed by atoms with Crippen molar-refractivity contribution in [3.63, 3.8) is 0 Å². The summed E-state index contributed by atoms with van der Waals surface area (Å²) in [6, 6.07) is 9.22. The monoisotopic (exact) mass is 408 g/mol. The number of halogens is 3. The van der Waals surface area contributed by atoms with Gasteiger partial charge in [0, 0.05) is 10.0 Å². The predicted octanol–water partition coefficient (Wildman–Crippen LogP) is 4.70. The van der Waals surface area contributed by atoms with Gasteiger partial charge < -0.3 is 9.15 Å². The zero-order valence-electron chi connectivity index (χ0n) is 12.9. The van der Waals surface area contributed by atoms with Gasteiger partial charge in [0.25, 0.3) is 5.89 Å². The van der Waals surface area contributed by atoms with Crippen LogP contribution in [-0.4, -0.2) is 16.2 Å². The van der Waals surface area contributed by atoms with Gasteiger partial charge in [-0.1, -0.05) is 0 Å². The summed E-state index contributed by atoms with van der Waals surface area (Å²) in [6.45, 7) is 1.55. The summed E-state index contributed by atoms with van der Waals surface area (Å²) in [5.41, 5.74) is 0.580. The van der Waals surface area contributed by atoms with E-state index in [1.807, 2.05) is 0 Å². The van der Waals surface area contributed by atoms with Crippen molar-refractivity contribution < 1.29 is 22.7 Å². The van der Waals surface area contributed by atoms with E-state index in [1.54, 1.807) is 6.92 Å². The van der Waals surface area contributed by atoms with E-state index in [0.29, 0.717) is 10.0 Å². The Morgan fingerprint density at radius 3 is 2.52 bits per heavy atom. The highest BCUT2D eigenvalue weighted by Crippen LogP contribution is 2.25. The Balaban J connectivity index is 1.75. The van der Waals surface area contributed by atoms with E-state index < -0.39 is 17.9 Å². The molecule has 1 aromatic heterocycles. The first-order chi connectivity index (χ1) is 11.9. The van der Waals surface area contributed by atoms with Crippen LogP contribution in [0.1, 0.15) is 29.3 Å². The lowest BCUT2D eigenvalue weighted by Crippen LogP contribution is -2.10. The van der Waals surface area contributed by atoms with Gasteiger partial charge in [0.15, 0.2) is 6.10 Å². The third-order valence-electron chi connectivity index (χ3n) is 3.31. The third kappa shape index (κ3) is 3.90. The molecule has 0 bridgehead atoms. The second-order valence-corrected chi connectivity index (χ2v) is 5.98. The number of rotatable bonds is 4. The molecule has 5 nitrogen and oxygen atoms in total. The van der Waals surface area contributed by atoms with Gasteiger partial charge in [0.05, 0.1) is 5.56 Å². The molecule has 0 amide bonds. The smallest absolute Gasteiger partial charge is 0.340 e. The van der Waals surface area contributed by atoms with Crippen LogP contribution < -0.4 is 0 Å². The maximum Gasteiger partial charge on any atom is 0.340 e. The van der Waals surface area contributed by atoms with Crippen LogP contribution in [0, 0.1) is 11.6 Å². The van der Waals surface area contributed by atoms with Gasteiger partial charge in [-0.3, -0.25) is 0 Å². The number of nitrogens with zero attached hydrogens (tertiary/aromatic N) is 2. The summed E-state index contributed by atoms with van der Waals surface area (Å²) in [5.74, 6) is -1.43. The van der Waals surface area contributed by atoms with Crippen LogP contribution in [-0.2, 0) is 4.74 Å². The summed E-state index contributed by atoms with van der Waals surface area (Å²) in [5, 5.41) is 7.68. The molecule has 0 saturated heterocycles. The van der Waals surface area contributed by atoms with E-state index in [0.717, 1.165) is 6.07 Å². The van der Waals surface area contributed by atoms with Crippen molar-refractivity contribution in [3.8, 4) is 11.5 Å². The highest BCUT2D eigenvalue weighted by atomic mass is 79.9. The van der Waals surface area contributed by atoms with Crippen molar-refractivity contribution in [2.75, 3.05) is 0 Å². The highest BCUT2D eigenvalue weighted by Gasteiger charge is 2.21. The number of benzene rings is 2. The van der Waals surface area contributed by atoms with E-state index in [4.69, 9.17) is 9.15 Å². The summed E-state index contributed by atoms with van der Waals surface area (Å²) in [6.07, 6.45) is -0.843. The Morgan fingerprint density at radius 1 is 1.12 bits per heavy atom. The number of carbonyl (C=O) groups excluding carboxylic acids is 1. The Labute approximate surface area is 149 Å². The van der Waals surface area contributed by atoms with Crippen LogP contribution in [0.15, 0.2) is 51.4 Å². The average Bonchev–Trinajstić information content (AvgIpc) is 3.07. The highest BCUT2D eigenvalue weighted by molar-refractivity contribution is 9.10. The zero-order chi connectivity index (χ0) is 18.0. The standard InChI is InChI=1S/C17H11BrF2N2O3/c1-9(24-17(23)13-8-12(20)6-7-14(13)18)15-21-22-16(25-15)10-2-4-11(19)5-3-10/h2-9H,1H3/t9-/m1/s1. The fraction of sp³-hybridized carbons (Fsp3) is 0.118. The van der Waals surface area contributed by atoms with E-state index in [-0.39, 0.29) is 23.2 Å². The summed E-state index contributed by atoms with van der Waals surface area (Å²) in [4.78, 5) is 12.2. The molecule has 3 aromatic rings. The fourth-order valence-electron chi connectivity index (χ4n) is 2.04. The molecular formula is C17H11BrF2N2O3. The van der Waals surface area contributed by atoms with E-state index in [9.17, 15) is 13.6 Å². The van der Waals surface area contributed by atoms with E-state index in [2.05, 4.69) is 26.1 Å². The van der Waals surface area contributed by atoms with Crippen LogP contribution in [0.25, 0.3) is 11.5 Å². The molecule has 0 aliphatic rings. The Kier molecular flexibility index (Phi) is 4.89. The second-order valence-electron chi connectivity index (χ2n) is 5.12. The normalized spacial score (nSPS) is 12.0. The van der Waals surface area contributed by atoms with Crippen molar-refractivity contribution in [2.45, 2.75) is 13.0 Å². The lowest BCUT2D eigenvalue weighted by atomic mass is 10.2. The Morgan fingerprint density at radius 2 is 1.80 bits per heavy atom. The maximum absolute atomic E-state index is 13.3. The summed E-state index contributed by atoms with van der Waals surface area (Å²) < 4.78 is 37.3. The molecule has 0 N–H and O–H groups in total. The minimum Gasteiger partial charge on any atom is -0.449 e. The first-order valence-electron chi connectivity index (χ1n) is 7.19. The molecule has 1 atom stereocenters. The number of hydrogen-bond acceptors (Lipinski definition) is 5. The van der Waals surface area contributed by atoms with Gasteiger partial charge in [0.1, 0.15) is 11.6 Å². The maximum atomic E-state index is 13.3. The SMILES string of the molecule is C[C@@H](OC(=O)c1cc(F)ccc1Br)c1nnc(-c2ccc(F)cc2)o1. The summed E-state index contributed by atoms with van der Waals surface area (Å²) >= 11 is 3.17. The third-order valence-corrected chi connectivity index (χ3v) is 4.00. The van der Waals surface area contributed by atoms with Crippen LogP contribution in [0.4, 0.5) is 8.78 Å². The average molecular weight is 409 g/mol. The molecule has 0 unspecified atom stereocenters. The second kappa shape index (κ2) is 7.10. The molecule has 128 valence electrons. The van der Waals surface area contributed by atoms with Gasteiger partial charge in [-0.2, -0.15) is 0 Å². The molecule has 0 fully saturated rings. The number of aromatic nitrogens is 2. The fourth-order valence-corrected chi connectivity index (χ4v) is 2.44. The number of ether oxygens (including phenoxy) is 1. The van der Waals surface area contributed by atoms with Crippen molar-refractivity contribution in [1.82, 2.24) is 10.2 Å². The van der Waals surface area contributed by atoms with Crippen molar-refractivity contribution in [1.29, 1.82) is 0 Å². The first-order valence-corrected chi connectivity index (χ1v) is 7.98. The summed E-state index contributed by atoms with van der Waals surface area (Å²) in [7, 11) is 0. The van der Waals surface area contributed by atoms with Gasteiger partial charge in [0.2, 0.25) is 5.89 Å². The molecule has 2 aromatic carbocycles. The van der Waals surface area contributed by atoms with Crippen LogP contribution in [0.5, 0.6) is 0 Å². The molecule has 0 aliphatic heterocycles. The number of carbonyl (C=O) groups is 1. The lowest BCUT2D eigenvalue weighted by molar-refractivity contribution is 0.0278. The topological polar surface area (TPSA) is 65.2 Å². The lowest BCUT2D eigenvalue weighted by Gasteiger charge is -2.10. The van der Waals surface area contributed by atoms with Gasteiger partial charge in [-0.05, 0) is 65.3 Å². The molecule has 3 rings (SSSR count). The molecule has 8 heteroatoms. The molecule has 0 radical (unpaired) electrons. The van der Waals surface area contributed by atoms with Gasteiger partial charge in [-0.25, -0.2) is 13.6 Å². The van der Waals surface area contributed by atoms with Gasteiger partial charge >= 0.3 is 5.97 Å². The number of esters is 1. The predicted molar refractivity (Wildman–Crippen MR) is 87.6 cm³/mol. The van der Waals surface area contributed by atoms with E-state index in [1.165, 1.54) is 36.4 Å². The molecule has 25 heavy (non-hydrogen) atoms. The largest absolute Gasteiger partial charge is 0.449 e. The molecule has 1 heterocycles. The Bertz CT molecular complexity index is 913. The first kappa shape index (κ1) is 17.2.